The molecule has 1 amide bonds. The van der Waals surface area contributed by atoms with E-state index in [9.17, 15) is 13.6 Å². The number of carbonyl (C=O) groups is 1. The number of nitrogens with two attached hydrogens (primary N) is 1. The molecule has 1 aromatic carbocycles. The summed E-state index contributed by atoms with van der Waals surface area (Å²) in [5.41, 5.74) is 4.51. The molecule has 0 aromatic heterocycles. The fourth-order valence-electron chi connectivity index (χ4n) is 1.61. The van der Waals surface area contributed by atoms with E-state index < -0.39 is 23.2 Å². The highest BCUT2D eigenvalue weighted by Gasteiger charge is 2.12. The van der Waals surface area contributed by atoms with Crippen LogP contribution in [-0.2, 0) is 0 Å². The predicted molar refractivity (Wildman–Crippen MR) is 75.5 cm³/mol. The van der Waals surface area contributed by atoms with Crippen LogP contribution in [0.3, 0.4) is 0 Å². The molecule has 0 aliphatic carbocycles. The van der Waals surface area contributed by atoms with Gasteiger partial charge in [-0.2, -0.15) is 0 Å². The number of carbonyl (C=O) groups excluding carboxylic acids is 1. The van der Waals surface area contributed by atoms with E-state index in [1.165, 1.54) is 0 Å². The van der Waals surface area contributed by atoms with Gasteiger partial charge in [-0.3, -0.25) is 4.79 Å². The van der Waals surface area contributed by atoms with Gasteiger partial charge in [0.2, 0.25) is 0 Å². The van der Waals surface area contributed by atoms with Crippen molar-refractivity contribution in [2.75, 3.05) is 25.9 Å². The smallest absolute Gasteiger partial charge is 0.251 e. The van der Waals surface area contributed by atoms with Gasteiger partial charge in [0, 0.05) is 18.2 Å². The zero-order valence-electron chi connectivity index (χ0n) is 12.0. The number of hydrogen-bond donors (Lipinski definition) is 2. The fraction of sp³-hybridized carbons (Fsp3) is 0.500. The van der Waals surface area contributed by atoms with Crippen LogP contribution in [0.5, 0.6) is 0 Å². The predicted octanol–water partition coefficient (Wildman–Crippen LogP) is 2.01. The van der Waals surface area contributed by atoms with Gasteiger partial charge < -0.3 is 16.0 Å². The molecule has 3 N–H and O–H groups in total. The molecule has 0 aliphatic rings. The van der Waals surface area contributed by atoms with Gasteiger partial charge in [-0.25, -0.2) is 8.78 Å². The van der Waals surface area contributed by atoms with Crippen molar-refractivity contribution in [2.24, 2.45) is 0 Å². The van der Waals surface area contributed by atoms with Crippen LogP contribution in [-0.4, -0.2) is 37.0 Å². The van der Waals surface area contributed by atoms with E-state index in [4.69, 9.17) is 5.73 Å². The highest BCUT2D eigenvalue weighted by molar-refractivity contribution is 5.94. The van der Waals surface area contributed by atoms with Crippen LogP contribution in [0.2, 0.25) is 0 Å². The summed E-state index contributed by atoms with van der Waals surface area (Å²) in [5, 5.41) is 2.63. The minimum absolute atomic E-state index is 0.0635. The lowest BCUT2D eigenvalue weighted by Crippen LogP contribution is -2.31. The SMILES string of the molecule is CC(C)N(C)CCCNC(=O)c1cc(F)c(N)c(F)c1. The first kappa shape index (κ1) is 16.4. The Morgan fingerprint density at radius 2 is 1.90 bits per heavy atom. The minimum atomic E-state index is -0.922. The van der Waals surface area contributed by atoms with Gasteiger partial charge in [0.15, 0.2) is 0 Å². The third kappa shape index (κ3) is 4.45. The Kier molecular flexibility index (Phi) is 5.88. The normalized spacial score (nSPS) is 11.2. The van der Waals surface area contributed by atoms with Crippen LogP contribution in [0, 0.1) is 11.6 Å². The van der Waals surface area contributed by atoms with Crippen molar-refractivity contribution in [3.05, 3.63) is 29.3 Å². The quantitative estimate of drug-likeness (QED) is 0.621. The Hall–Kier alpha value is -1.69. The van der Waals surface area contributed by atoms with Crippen molar-refractivity contribution < 1.29 is 13.6 Å². The van der Waals surface area contributed by atoms with Gasteiger partial charge in [0.05, 0.1) is 0 Å². The van der Waals surface area contributed by atoms with Gasteiger partial charge in [0.1, 0.15) is 17.3 Å². The first-order chi connectivity index (χ1) is 9.32. The molecule has 0 radical (unpaired) electrons. The monoisotopic (exact) mass is 285 g/mol. The minimum Gasteiger partial charge on any atom is -0.394 e. The molecule has 20 heavy (non-hydrogen) atoms. The van der Waals surface area contributed by atoms with E-state index in [1.54, 1.807) is 0 Å². The van der Waals surface area contributed by atoms with E-state index >= 15 is 0 Å². The number of anilines is 1. The van der Waals surface area contributed by atoms with Crippen LogP contribution in [0.15, 0.2) is 12.1 Å². The highest BCUT2D eigenvalue weighted by Crippen LogP contribution is 2.17. The Balaban J connectivity index is 2.48. The summed E-state index contributed by atoms with van der Waals surface area (Å²) in [4.78, 5) is 13.9. The molecule has 4 nitrogen and oxygen atoms in total. The van der Waals surface area contributed by atoms with Gasteiger partial charge in [-0.15, -0.1) is 0 Å². The average Bonchev–Trinajstić information content (AvgIpc) is 2.39. The van der Waals surface area contributed by atoms with E-state index in [-0.39, 0.29) is 5.56 Å². The summed E-state index contributed by atoms with van der Waals surface area (Å²) in [7, 11) is 2.00. The van der Waals surface area contributed by atoms with Crippen molar-refractivity contribution in [3.63, 3.8) is 0 Å². The maximum Gasteiger partial charge on any atom is 0.251 e. The molecule has 1 rings (SSSR count). The summed E-state index contributed by atoms with van der Waals surface area (Å²) < 4.78 is 26.5. The van der Waals surface area contributed by atoms with Crippen molar-refractivity contribution in [1.82, 2.24) is 10.2 Å². The van der Waals surface area contributed by atoms with Crippen molar-refractivity contribution in [2.45, 2.75) is 26.3 Å². The summed E-state index contributed by atoms with van der Waals surface area (Å²) >= 11 is 0. The van der Waals surface area contributed by atoms with E-state index in [0.717, 1.165) is 25.1 Å². The molecule has 0 bridgehead atoms. The molecule has 1 aromatic rings. The standard InChI is InChI=1S/C14H21F2N3O/c1-9(2)19(3)6-4-5-18-14(20)10-7-11(15)13(17)12(16)8-10/h7-9H,4-6,17H2,1-3H3,(H,18,20). The third-order valence-corrected chi connectivity index (χ3v) is 3.20. The number of benzene rings is 1. The Morgan fingerprint density at radius 3 is 2.40 bits per heavy atom. The zero-order chi connectivity index (χ0) is 15.3. The molecule has 0 saturated carbocycles. The first-order valence-electron chi connectivity index (χ1n) is 6.56. The lowest BCUT2D eigenvalue weighted by atomic mass is 10.1. The largest absolute Gasteiger partial charge is 0.394 e. The summed E-state index contributed by atoms with van der Waals surface area (Å²) in [6, 6.07) is 2.31. The van der Waals surface area contributed by atoms with Crippen molar-refractivity contribution in [3.8, 4) is 0 Å². The maximum absolute atomic E-state index is 13.2. The maximum atomic E-state index is 13.2. The van der Waals surface area contributed by atoms with E-state index in [1.807, 2.05) is 7.05 Å². The highest BCUT2D eigenvalue weighted by atomic mass is 19.1. The van der Waals surface area contributed by atoms with Crippen LogP contribution >= 0.6 is 0 Å². The summed E-state index contributed by atoms with van der Waals surface area (Å²) in [6.07, 6.45) is 0.764. The second kappa shape index (κ2) is 7.19. The molecule has 6 heteroatoms. The van der Waals surface area contributed by atoms with Crippen LogP contribution in [0.25, 0.3) is 0 Å². The van der Waals surface area contributed by atoms with Crippen molar-refractivity contribution >= 4 is 11.6 Å². The zero-order valence-corrected chi connectivity index (χ0v) is 12.0. The molecule has 0 heterocycles. The van der Waals surface area contributed by atoms with Crippen molar-refractivity contribution in [1.29, 1.82) is 0 Å². The van der Waals surface area contributed by atoms with Gasteiger partial charge in [-0.05, 0) is 46.0 Å². The molecule has 0 unspecified atom stereocenters. The number of nitrogens with one attached hydrogen (secondary N) is 1. The second-order valence-electron chi connectivity index (χ2n) is 5.04. The fourth-order valence-corrected chi connectivity index (χ4v) is 1.61. The molecule has 0 aliphatic heterocycles. The molecule has 112 valence electrons. The number of amides is 1. The summed E-state index contributed by atoms with van der Waals surface area (Å²) in [5.74, 6) is -2.35. The first-order valence-corrected chi connectivity index (χ1v) is 6.56. The van der Waals surface area contributed by atoms with Crippen LogP contribution < -0.4 is 11.1 Å². The Morgan fingerprint density at radius 1 is 1.35 bits per heavy atom. The number of rotatable bonds is 6. The lowest BCUT2D eigenvalue weighted by Gasteiger charge is -2.20. The number of nitrogen functional groups attached to an aromatic ring is 1. The Bertz CT molecular complexity index is 454. The second-order valence-corrected chi connectivity index (χ2v) is 5.04. The van der Waals surface area contributed by atoms with Gasteiger partial charge in [-0.1, -0.05) is 0 Å². The molecule has 0 spiro atoms. The average molecular weight is 285 g/mol. The number of halogens is 2. The van der Waals surface area contributed by atoms with Crippen LogP contribution in [0.4, 0.5) is 14.5 Å². The molecular formula is C14H21F2N3O. The summed E-state index contributed by atoms with van der Waals surface area (Å²) in [6.45, 7) is 5.45. The lowest BCUT2D eigenvalue weighted by molar-refractivity contribution is 0.0950. The molecule has 0 saturated heterocycles. The molecule has 0 atom stereocenters. The van der Waals surface area contributed by atoms with E-state index in [2.05, 4.69) is 24.1 Å². The number of nitrogens with zero attached hydrogens (tertiary/aromatic N) is 1. The topological polar surface area (TPSA) is 58.4 Å². The molecule has 0 fully saturated rings. The third-order valence-electron chi connectivity index (χ3n) is 3.20. The van der Waals surface area contributed by atoms with Gasteiger partial charge >= 0.3 is 0 Å². The molecular weight excluding hydrogens is 264 g/mol. The van der Waals surface area contributed by atoms with Gasteiger partial charge in [0.25, 0.3) is 5.91 Å². The van der Waals surface area contributed by atoms with E-state index in [0.29, 0.717) is 12.6 Å². The Labute approximate surface area is 117 Å². The van der Waals surface area contributed by atoms with Crippen LogP contribution in [0.1, 0.15) is 30.6 Å². The number of hydrogen-bond acceptors (Lipinski definition) is 3.